The minimum atomic E-state index is 0.0282. The number of nitrogens with zero attached hydrogens (tertiary/aromatic N) is 4. The Kier molecular flexibility index (Phi) is 7.37. The van der Waals surface area contributed by atoms with Crippen LogP contribution in [-0.2, 0) is 17.9 Å². The van der Waals surface area contributed by atoms with Gasteiger partial charge in [0, 0.05) is 19.2 Å². The maximum Gasteiger partial charge on any atom is 0.233 e. The first-order valence-electron chi connectivity index (χ1n) is 11.0. The van der Waals surface area contributed by atoms with Crippen LogP contribution < -0.4 is 4.74 Å². The number of carbonyl (C=O) groups excluding carboxylic acids is 1. The Morgan fingerprint density at radius 3 is 2.71 bits per heavy atom. The summed E-state index contributed by atoms with van der Waals surface area (Å²) in [5.74, 6) is 2.50. The third kappa shape index (κ3) is 5.51. The zero-order chi connectivity index (χ0) is 24.1. The first-order chi connectivity index (χ1) is 16.4. The number of carbonyl (C=O) groups is 1. The first-order valence-corrected chi connectivity index (χ1v) is 12.0. The molecule has 0 saturated carbocycles. The lowest BCUT2D eigenvalue weighted by Gasteiger charge is -2.18. The second-order valence-corrected chi connectivity index (χ2v) is 9.11. The molecule has 0 saturated heterocycles. The Labute approximate surface area is 203 Å². The molecule has 1 amide bonds. The van der Waals surface area contributed by atoms with Crippen molar-refractivity contribution in [3.63, 3.8) is 0 Å². The summed E-state index contributed by atoms with van der Waals surface area (Å²) in [6.07, 6.45) is 1.64. The smallest absolute Gasteiger partial charge is 0.233 e. The highest BCUT2D eigenvalue weighted by molar-refractivity contribution is 7.99. The molecule has 0 atom stereocenters. The van der Waals surface area contributed by atoms with E-state index in [1.165, 1.54) is 22.9 Å². The number of rotatable bonds is 9. The number of aromatic nitrogens is 3. The number of methoxy groups -OCH3 is 1. The molecular weight excluding hydrogens is 448 g/mol. The average Bonchev–Trinajstić information content (AvgIpc) is 3.49. The molecule has 34 heavy (non-hydrogen) atoms. The van der Waals surface area contributed by atoms with Crippen LogP contribution in [0.1, 0.15) is 22.5 Å². The molecular formula is C26H28N4O3S. The molecule has 2 heterocycles. The molecule has 0 aliphatic carbocycles. The highest BCUT2D eigenvalue weighted by Gasteiger charge is 2.19. The summed E-state index contributed by atoms with van der Waals surface area (Å²) in [5.41, 5.74) is 4.43. The van der Waals surface area contributed by atoms with Crippen LogP contribution in [0.2, 0.25) is 0 Å². The van der Waals surface area contributed by atoms with Gasteiger partial charge in [0.1, 0.15) is 11.5 Å². The maximum absolute atomic E-state index is 12.9. The lowest BCUT2D eigenvalue weighted by molar-refractivity contribution is -0.127. The number of thioether (sulfide) groups is 1. The average molecular weight is 477 g/mol. The molecule has 0 fully saturated rings. The lowest BCUT2D eigenvalue weighted by atomic mass is 10.1. The third-order valence-corrected chi connectivity index (χ3v) is 6.55. The minimum absolute atomic E-state index is 0.0282. The van der Waals surface area contributed by atoms with Gasteiger partial charge in [-0.05, 0) is 49.2 Å². The number of benzene rings is 2. The van der Waals surface area contributed by atoms with Crippen molar-refractivity contribution in [1.82, 2.24) is 19.7 Å². The summed E-state index contributed by atoms with van der Waals surface area (Å²) in [5, 5.41) is 9.47. The summed E-state index contributed by atoms with van der Waals surface area (Å²) in [4.78, 5) is 14.7. The SMILES string of the molecule is COc1cccc(-c2nnc(SCC(=O)N(C)Cc3ccc(C)cc3C)n2Cc2ccco2)c1. The second kappa shape index (κ2) is 10.6. The van der Waals surface area contributed by atoms with E-state index in [2.05, 4.69) is 42.2 Å². The van der Waals surface area contributed by atoms with E-state index >= 15 is 0 Å². The molecule has 0 aliphatic rings. The quantitative estimate of drug-likeness (QED) is 0.318. The molecule has 8 heteroatoms. The zero-order valence-electron chi connectivity index (χ0n) is 19.8. The van der Waals surface area contributed by atoms with Crippen molar-refractivity contribution < 1.29 is 13.9 Å². The summed E-state index contributed by atoms with van der Waals surface area (Å²) >= 11 is 1.37. The van der Waals surface area contributed by atoms with Crippen LogP contribution in [-0.4, -0.2) is 45.5 Å². The molecule has 176 valence electrons. The van der Waals surface area contributed by atoms with Gasteiger partial charge >= 0.3 is 0 Å². The van der Waals surface area contributed by atoms with Crippen molar-refractivity contribution in [1.29, 1.82) is 0 Å². The molecule has 2 aromatic heterocycles. The largest absolute Gasteiger partial charge is 0.497 e. The molecule has 0 unspecified atom stereocenters. The molecule has 0 N–H and O–H groups in total. The maximum atomic E-state index is 12.9. The summed E-state index contributed by atoms with van der Waals surface area (Å²) in [6, 6.07) is 17.7. The molecule has 2 aromatic carbocycles. The van der Waals surface area contributed by atoms with Crippen LogP contribution in [0.5, 0.6) is 5.75 Å². The second-order valence-electron chi connectivity index (χ2n) is 8.17. The van der Waals surface area contributed by atoms with Crippen molar-refractivity contribution >= 4 is 17.7 Å². The standard InChI is InChI=1S/C26H28N4O3S/c1-18-10-11-21(19(2)13-18)15-29(3)24(31)17-34-26-28-27-25(20-7-5-8-22(14-20)32-4)30(26)16-23-9-6-12-33-23/h5-14H,15-17H2,1-4H3. The van der Waals surface area contributed by atoms with E-state index in [0.29, 0.717) is 24.1 Å². The van der Waals surface area contributed by atoms with E-state index in [-0.39, 0.29) is 11.7 Å². The Balaban J connectivity index is 1.51. The van der Waals surface area contributed by atoms with Gasteiger partial charge in [0.25, 0.3) is 0 Å². The minimum Gasteiger partial charge on any atom is -0.497 e. The molecule has 4 aromatic rings. The Hall–Kier alpha value is -3.52. The van der Waals surface area contributed by atoms with Gasteiger partial charge in [0.2, 0.25) is 5.91 Å². The highest BCUT2D eigenvalue weighted by Crippen LogP contribution is 2.28. The fourth-order valence-electron chi connectivity index (χ4n) is 3.68. The van der Waals surface area contributed by atoms with Crippen LogP contribution in [0.25, 0.3) is 11.4 Å². The van der Waals surface area contributed by atoms with Crippen molar-refractivity contribution in [3.05, 3.63) is 83.3 Å². The third-order valence-electron chi connectivity index (χ3n) is 5.59. The monoisotopic (exact) mass is 476 g/mol. The van der Waals surface area contributed by atoms with Gasteiger partial charge < -0.3 is 14.1 Å². The molecule has 0 aliphatic heterocycles. The number of ether oxygens (including phenoxy) is 1. The van der Waals surface area contributed by atoms with E-state index < -0.39 is 0 Å². The van der Waals surface area contributed by atoms with Crippen LogP contribution >= 0.6 is 11.8 Å². The number of hydrogen-bond donors (Lipinski definition) is 0. The van der Waals surface area contributed by atoms with Gasteiger partial charge in [0.05, 0.1) is 25.7 Å². The van der Waals surface area contributed by atoms with E-state index in [1.54, 1.807) is 18.3 Å². The van der Waals surface area contributed by atoms with Crippen molar-refractivity contribution in [3.8, 4) is 17.1 Å². The van der Waals surface area contributed by atoms with Gasteiger partial charge in [-0.25, -0.2) is 0 Å². The molecule has 4 rings (SSSR count). The van der Waals surface area contributed by atoms with Gasteiger partial charge in [-0.15, -0.1) is 10.2 Å². The Bertz CT molecular complexity index is 1270. The van der Waals surface area contributed by atoms with E-state index in [9.17, 15) is 4.79 Å². The van der Waals surface area contributed by atoms with Crippen molar-refractivity contribution in [2.75, 3.05) is 19.9 Å². The normalized spacial score (nSPS) is 10.9. The van der Waals surface area contributed by atoms with E-state index in [0.717, 1.165) is 22.6 Å². The summed E-state index contributed by atoms with van der Waals surface area (Å²) < 4.78 is 12.9. The molecule has 7 nitrogen and oxygen atoms in total. The molecule has 0 bridgehead atoms. The fourth-order valence-corrected chi connectivity index (χ4v) is 4.55. The number of amides is 1. The van der Waals surface area contributed by atoms with Crippen LogP contribution in [0.15, 0.2) is 70.4 Å². The van der Waals surface area contributed by atoms with Gasteiger partial charge in [-0.2, -0.15) is 0 Å². The van der Waals surface area contributed by atoms with E-state index in [1.807, 2.05) is 48.0 Å². The predicted molar refractivity (Wildman–Crippen MR) is 133 cm³/mol. The topological polar surface area (TPSA) is 73.4 Å². The number of furan rings is 1. The summed E-state index contributed by atoms with van der Waals surface area (Å²) in [6.45, 7) is 5.18. The van der Waals surface area contributed by atoms with Crippen molar-refractivity contribution in [2.24, 2.45) is 0 Å². The number of aryl methyl sites for hydroxylation is 2. The van der Waals surface area contributed by atoms with Gasteiger partial charge in [-0.3, -0.25) is 9.36 Å². The molecule has 0 radical (unpaired) electrons. The number of hydrogen-bond acceptors (Lipinski definition) is 6. The van der Waals surface area contributed by atoms with Crippen LogP contribution in [0.3, 0.4) is 0 Å². The van der Waals surface area contributed by atoms with Gasteiger partial charge in [-0.1, -0.05) is 47.7 Å². The van der Waals surface area contributed by atoms with Crippen LogP contribution in [0.4, 0.5) is 0 Å². The lowest BCUT2D eigenvalue weighted by Crippen LogP contribution is -2.28. The molecule has 0 spiro atoms. The Morgan fingerprint density at radius 2 is 1.97 bits per heavy atom. The predicted octanol–water partition coefficient (Wildman–Crippen LogP) is 4.96. The zero-order valence-corrected chi connectivity index (χ0v) is 20.6. The van der Waals surface area contributed by atoms with Crippen LogP contribution in [0, 0.1) is 13.8 Å². The first kappa shape index (κ1) is 23.6. The van der Waals surface area contributed by atoms with Crippen molar-refractivity contribution in [2.45, 2.75) is 32.1 Å². The Morgan fingerprint density at radius 1 is 1.12 bits per heavy atom. The van der Waals surface area contributed by atoms with Gasteiger partial charge in [0.15, 0.2) is 11.0 Å². The fraction of sp³-hybridized carbons (Fsp3) is 0.269. The highest BCUT2D eigenvalue weighted by atomic mass is 32.2. The van der Waals surface area contributed by atoms with E-state index in [4.69, 9.17) is 9.15 Å². The summed E-state index contributed by atoms with van der Waals surface area (Å²) in [7, 11) is 3.46.